The molecule has 70 valence electrons. The molecule has 0 amide bonds. The molecule has 1 aliphatic rings. The highest BCUT2D eigenvalue weighted by molar-refractivity contribution is 7.99. The van der Waals surface area contributed by atoms with Crippen molar-refractivity contribution in [2.45, 2.75) is 18.1 Å². The van der Waals surface area contributed by atoms with Gasteiger partial charge in [-0.15, -0.1) is 0 Å². The van der Waals surface area contributed by atoms with E-state index in [0.29, 0.717) is 6.42 Å². The zero-order valence-corrected chi connectivity index (χ0v) is 7.79. The number of oxime groups is 1. The third-order valence-corrected chi connectivity index (χ3v) is 2.91. The Morgan fingerprint density at radius 2 is 2.69 bits per heavy atom. The molecule has 0 fully saturated rings. The Bertz CT molecular complexity index is 346. The second-order valence-electron chi connectivity index (χ2n) is 2.80. The minimum Gasteiger partial charge on any atom is -0.409 e. The summed E-state index contributed by atoms with van der Waals surface area (Å²) in [6.45, 7) is 0.966. The molecule has 0 aromatic carbocycles. The summed E-state index contributed by atoms with van der Waals surface area (Å²) in [7, 11) is 0. The van der Waals surface area contributed by atoms with Gasteiger partial charge in [0.2, 0.25) is 0 Å². The molecule has 0 radical (unpaired) electrons. The van der Waals surface area contributed by atoms with Crippen LogP contribution in [0.1, 0.15) is 5.69 Å². The number of thioether (sulfide) groups is 1. The van der Waals surface area contributed by atoms with Crippen LogP contribution in [0.5, 0.6) is 0 Å². The molecular weight excluding hydrogens is 188 g/mol. The molecule has 6 heteroatoms. The summed E-state index contributed by atoms with van der Waals surface area (Å²) in [5, 5.41) is 12.4. The van der Waals surface area contributed by atoms with Gasteiger partial charge in [-0.3, -0.25) is 0 Å². The maximum Gasteiger partial charge on any atom is 0.168 e. The van der Waals surface area contributed by atoms with Crippen molar-refractivity contribution in [3.63, 3.8) is 0 Å². The average molecular weight is 198 g/mol. The number of nitrogens with two attached hydrogens (primary N) is 1. The number of hydrogen-bond acceptors (Lipinski definition) is 4. The number of nitrogens with zero attached hydrogens (tertiary/aromatic N) is 3. The molecule has 0 unspecified atom stereocenters. The van der Waals surface area contributed by atoms with Crippen LogP contribution in [-0.2, 0) is 13.0 Å². The first-order valence-electron chi connectivity index (χ1n) is 3.95. The van der Waals surface area contributed by atoms with Gasteiger partial charge in [0.1, 0.15) is 5.84 Å². The Labute approximate surface area is 79.6 Å². The van der Waals surface area contributed by atoms with E-state index in [1.807, 2.05) is 0 Å². The molecule has 0 saturated heterocycles. The Kier molecular flexibility index (Phi) is 2.13. The van der Waals surface area contributed by atoms with Gasteiger partial charge in [0.15, 0.2) is 5.16 Å². The standard InChI is InChI=1S/C7H10N4OS/c8-6(10-12)3-5-4-9-7-11(5)1-2-13-7/h4,12H,1-3H2,(H2,8,10). The predicted octanol–water partition coefficient (Wildman–Crippen LogP) is 0.278. The average Bonchev–Trinajstić information content (AvgIpc) is 2.69. The van der Waals surface area contributed by atoms with Crippen LogP contribution >= 0.6 is 11.8 Å². The van der Waals surface area contributed by atoms with Crippen LogP contribution in [0.2, 0.25) is 0 Å². The Morgan fingerprint density at radius 3 is 3.46 bits per heavy atom. The van der Waals surface area contributed by atoms with Crippen molar-refractivity contribution in [3.05, 3.63) is 11.9 Å². The molecule has 1 aliphatic heterocycles. The number of amidine groups is 1. The highest BCUT2D eigenvalue weighted by Gasteiger charge is 2.16. The quantitative estimate of drug-likeness (QED) is 0.310. The maximum atomic E-state index is 8.41. The van der Waals surface area contributed by atoms with E-state index in [2.05, 4.69) is 14.7 Å². The molecule has 0 spiro atoms. The van der Waals surface area contributed by atoms with Crippen molar-refractivity contribution in [1.82, 2.24) is 9.55 Å². The van der Waals surface area contributed by atoms with E-state index in [9.17, 15) is 0 Å². The van der Waals surface area contributed by atoms with Crippen LogP contribution in [0.4, 0.5) is 0 Å². The van der Waals surface area contributed by atoms with Gasteiger partial charge in [0.25, 0.3) is 0 Å². The van der Waals surface area contributed by atoms with Gasteiger partial charge in [0, 0.05) is 24.2 Å². The molecule has 3 N–H and O–H groups in total. The van der Waals surface area contributed by atoms with Crippen molar-refractivity contribution in [3.8, 4) is 0 Å². The molecule has 0 atom stereocenters. The van der Waals surface area contributed by atoms with Crippen LogP contribution < -0.4 is 5.73 Å². The molecule has 1 aromatic rings. The third kappa shape index (κ3) is 1.49. The minimum atomic E-state index is 0.222. The molecule has 0 bridgehead atoms. The summed E-state index contributed by atoms with van der Waals surface area (Å²) in [6.07, 6.45) is 2.24. The summed E-state index contributed by atoms with van der Waals surface area (Å²) in [4.78, 5) is 4.22. The molecule has 0 saturated carbocycles. The fourth-order valence-corrected chi connectivity index (χ4v) is 2.28. The summed E-state index contributed by atoms with van der Waals surface area (Å²) in [5.74, 6) is 1.28. The van der Waals surface area contributed by atoms with E-state index in [4.69, 9.17) is 10.9 Å². The number of hydrogen-bond donors (Lipinski definition) is 2. The first-order valence-corrected chi connectivity index (χ1v) is 4.93. The van der Waals surface area contributed by atoms with Gasteiger partial charge < -0.3 is 15.5 Å². The lowest BCUT2D eigenvalue weighted by Gasteiger charge is -2.01. The van der Waals surface area contributed by atoms with Gasteiger partial charge >= 0.3 is 0 Å². The molecule has 0 aliphatic carbocycles. The second kappa shape index (κ2) is 3.29. The van der Waals surface area contributed by atoms with Gasteiger partial charge in [0.05, 0.1) is 6.42 Å². The fraction of sp³-hybridized carbons (Fsp3) is 0.429. The van der Waals surface area contributed by atoms with Crippen LogP contribution in [0, 0.1) is 0 Å². The summed E-state index contributed by atoms with van der Waals surface area (Å²) in [6, 6.07) is 0. The van der Waals surface area contributed by atoms with Crippen molar-refractivity contribution >= 4 is 17.6 Å². The van der Waals surface area contributed by atoms with Crippen molar-refractivity contribution in [2.24, 2.45) is 10.9 Å². The molecular formula is C7H10N4OS. The molecule has 1 aromatic heterocycles. The van der Waals surface area contributed by atoms with Crippen LogP contribution in [0.15, 0.2) is 16.5 Å². The van der Waals surface area contributed by atoms with E-state index in [0.717, 1.165) is 23.1 Å². The SMILES string of the molecule is N/C(Cc1cnc2n1CCS2)=N\O. The van der Waals surface area contributed by atoms with Crippen LogP contribution in [0.3, 0.4) is 0 Å². The second-order valence-corrected chi connectivity index (χ2v) is 3.86. The number of aromatic nitrogens is 2. The molecule has 5 nitrogen and oxygen atoms in total. The summed E-state index contributed by atoms with van der Waals surface area (Å²) in [5.41, 5.74) is 6.42. The van der Waals surface area contributed by atoms with E-state index in [-0.39, 0.29) is 5.84 Å². The Balaban J connectivity index is 2.22. The van der Waals surface area contributed by atoms with Crippen molar-refractivity contribution in [1.29, 1.82) is 0 Å². The third-order valence-electron chi connectivity index (χ3n) is 1.94. The normalized spacial score (nSPS) is 16.2. The minimum absolute atomic E-state index is 0.222. The largest absolute Gasteiger partial charge is 0.409 e. The van der Waals surface area contributed by atoms with Crippen molar-refractivity contribution < 1.29 is 5.21 Å². The maximum absolute atomic E-state index is 8.41. The van der Waals surface area contributed by atoms with Crippen molar-refractivity contribution in [2.75, 3.05) is 5.75 Å². The van der Waals surface area contributed by atoms with E-state index in [1.54, 1.807) is 18.0 Å². The van der Waals surface area contributed by atoms with Gasteiger partial charge in [-0.05, 0) is 0 Å². The smallest absolute Gasteiger partial charge is 0.168 e. The zero-order valence-electron chi connectivity index (χ0n) is 6.97. The highest BCUT2D eigenvalue weighted by atomic mass is 32.2. The topological polar surface area (TPSA) is 76.4 Å². The van der Waals surface area contributed by atoms with E-state index in [1.165, 1.54) is 0 Å². The fourth-order valence-electron chi connectivity index (χ4n) is 1.34. The first-order chi connectivity index (χ1) is 6.31. The number of rotatable bonds is 2. The summed E-state index contributed by atoms with van der Waals surface area (Å²) >= 11 is 1.73. The van der Waals surface area contributed by atoms with Crippen LogP contribution in [0.25, 0.3) is 0 Å². The highest BCUT2D eigenvalue weighted by Crippen LogP contribution is 2.25. The lowest BCUT2D eigenvalue weighted by molar-refractivity contribution is 0.317. The predicted molar refractivity (Wildman–Crippen MR) is 50.1 cm³/mol. The van der Waals surface area contributed by atoms with Gasteiger partial charge in [-0.2, -0.15) is 0 Å². The van der Waals surface area contributed by atoms with Gasteiger partial charge in [-0.25, -0.2) is 4.98 Å². The Morgan fingerprint density at radius 1 is 1.85 bits per heavy atom. The Hall–Kier alpha value is -1.17. The van der Waals surface area contributed by atoms with E-state index >= 15 is 0 Å². The first kappa shape index (κ1) is 8.43. The van der Waals surface area contributed by atoms with Gasteiger partial charge in [-0.1, -0.05) is 16.9 Å². The summed E-state index contributed by atoms with van der Waals surface area (Å²) < 4.78 is 2.10. The molecule has 13 heavy (non-hydrogen) atoms. The monoisotopic (exact) mass is 198 g/mol. The molecule has 2 heterocycles. The lowest BCUT2D eigenvalue weighted by atomic mass is 10.3. The number of imidazole rings is 1. The van der Waals surface area contributed by atoms with E-state index < -0.39 is 0 Å². The zero-order chi connectivity index (χ0) is 9.26. The molecule has 2 rings (SSSR count). The van der Waals surface area contributed by atoms with Crippen LogP contribution in [-0.4, -0.2) is 26.3 Å². The lowest BCUT2D eigenvalue weighted by Crippen LogP contribution is -2.17. The number of fused-ring (bicyclic) bond motifs is 1.